The Morgan fingerprint density at radius 2 is 1.77 bits per heavy atom. The first-order valence-corrected chi connectivity index (χ1v) is 10.8. The average Bonchev–Trinajstić information content (AvgIpc) is 2.93. The fourth-order valence-corrected chi connectivity index (χ4v) is 3.30. The number of hydrogen-bond acceptors (Lipinski definition) is 4. The Kier molecular flexibility index (Phi) is 7.24. The molecule has 5 nitrogen and oxygen atoms in total. The van der Waals surface area contributed by atoms with Crippen LogP contribution in [0.2, 0.25) is 0 Å². The number of halogens is 2. The number of alkyl carbamates (subject to hydrolysis) is 1. The highest BCUT2D eigenvalue weighted by atomic mass is 79.9. The Morgan fingerprint density at radius 3 is 2.39 bits per heavy atom. The van der Waals surface area contributed by atoms with Crippen LogP contribution in [0.5, 0.6) is 0 Å². The van der Waals surface area contributed by atoms with E-state index in [1.165, 1.54) is 6.07 Å². The summed E-state index contributed by atoms with van der Waals surface area (Å²) in [5, 5.41) is 2.71. The van der Waals surface area contributed by atoms with Crippen LogP contribution in [0.4, 0.5) is 9.18 Å². The van der Waals surface area contributed by atoms with Crippen LogP contribution in [-0.2, 0) is 20.7 Å². The van der Waals surface area contributed by atoms with E-state index in [1.807, 2.05) is 58.0 Å². The molecule has 2 aromatic carbocycles. The summed E-state index contributed by atoms with van der Waals surface area (Å²) in [4.78, 5) is 12.2. The van der Waals surface area contributed by atoms with Gasteiger partial charge < -0.3 is 19.4 Å². The van der Waals surface area contributed by atoms with Crippen molar-refractivity contribution < 1.29 is 23.2 Å². The van der Waals surface area contributed by atoms with E-state index >= 15 is 0 Å². The van der Waals surface area contributed by atoms with Crippen molar-refractivity contribution in [1.29, 1.82) is 0 Å². The molecule has 8 heteroatoms. The van der Waals surface area contributed by atoms with Crippen LogP contribution < -0.4 is 5.32 Å². The van der Waals surface area contributed by atoms with E-state index in [0.717, 1.165) is 5.56 Å². The molecule has 2 aromatic rings. The standard InChI is InChI=1S/C23H26BBrFNO4/c1-22(2)23(3,4)31-24(30-22)18(12-17-10-11-19(25)13-20(17)26)14-27-21(28)29-15-16-8-6-5-7-9-16/h5-13H,14-15H2,1-4H3,(H,27,28). The minimum Gasteiger partial charge on any atom is -0.445 e. The van der Waals surface area contributed by atoms with Crippen LogP contribution in [0, 0.1) is 5.82 Å². The Morgan fingerprint density at radius 1 is 1.13 bits per heavy atom. The maximum atomic E-state index is 14.4. The smallest absolute Gasteiger partial charge is 0.445 e. The van der Waals surface area contributed by atoms with Gasteiger partial charge >= 0.3 is 13.2 Å². The molecule has 1 saturated heterocycles. The van der Waals surface area contributed by atoms with E-state index in [4.69, 9.17) is 14.0 Å². The number of ether oxygens (including phenoxy) is 1. The molecule has 3 rings (SSSR count). The molecule has 31 heavy (non-hydrogen) atoms. The van der Waals surface area contributed by atoms with Crippen molar-refractivity contribution in [1.82, 2.24) is 5.32 Å². The number of amides is 1. The zero-order valence-electron chi connectivity index (χ0n) is 18.1. The lowest BCUT2D eigenvalue weighted by Gasteiger charge is -2.32. The molecular weight excluding hydrogens is 464 g/mol. The van der Waals surface area contributed by atoms with E-state index < -0.39 is 30.2 Å². The molecule has 1 aliphatic rings. The number of benzene rings is 2. The van der Waals surface area contributed by atoms with Crippen molar-refractivity contribution >= 4 is 35.2 Å². The molecule has 1 heterocycles. The third-order valence-corrected chi connectivity index (χ3v) is 6.00. The van der Waals surface area contributed by atoms with Gasteiger partial charge in [0.15, 0.2) is 0 Å². The lowest BCUT2D eigenvalue weighted by atomic mass is 9.77. The highest BCUT2D eigenvalue weighted by Gasteiger charge is 2.52. The Hall–Kier alpha value is -2.16. The van der Waals surface area contributed by atoms with Gasteiger partial charge in [0, 0.05) is 16.6 Å². The van der Waals surface area contributed by atoms with E-state index in [1.54, 1.807) is 18.2 Å². The van der Waals surface area contributed by atoms with Crippen LogP contribution in [0.3, 0.4) is 0 Å². The molecule has 0 unspecified atom stereocenters. The van der Waals surface area contributed by atoms with E-state index in [-0.39, 0.29) is 13.2 Å². The molecule has 0 radical (unpaired) electrons. The Bertz CT molecular complexity index is 949. The van der Waals surface area contributed by atoms with Crippen molar-refractivity contribution in [2.45, 2.75) is 45.5 Å². The second kappa shape index (κ2) is 9.55. The van der Waals surface area contributed by atoms with Gasteiger partial charge in [0.05, 0.1) is 11.2 Å². The molecule has 0 bridgehead atoms. The zero-order valence-corrected chi connectivity index (χ0v) is 19.7. The number of carbonyl (C=O) groups is 1. The molecule has 1 amide bonds. The van der Waals surface area contributed by atoms with Gasteiger partial charge in [-0.2, -0.15) is 0 Å². The lowest BCUT2D eigenvalue weighted by molar-refractivity contribution is 0.00578. The second-order valence-electron chi connectivity index (χ2n) is 8.39. The minimum absolute atomic E-state index is 0.0833. The van der Waals surface area contributed by atoms with Gasteiger partial charge in [0.1, 0.15) is 12.4 Å². The van der Waals surface area contributed by atoms with Crippen molar-refractivity contribution in [3.8, 4) is 0 Å². The van der Waals surface area contributed by atoms with Crippen molar-refractivity contribution in [3.05, 3.63) is 75.4 Å². The lowest BCUT2D eigenvalue weighted by Crippen LogP contribution is -2.41. The average molecular weight is 490 g/mol. The predicted octanol–water partition coefficient (Wildman–Crippen LogP) is 5.53. The van der Waals surface area contributed by atoms with Gasteiger partial charge in [-0.15, -0.1) is 0 Å². The summed E-state index contributed by atoms with van der Waals surface area (Å²) >= 11 is 3.26. The highest BCUT2D eigenvalue weighted by molar-refractivity contribution is 9.10. The summed E-state index contributed by atoms with van der Waals surface area (Å²) in [5.41, 5.74) is 0.700. The van der Waals surface area contributed by atoms with Crippen LogP contribution in [0.15, 0.2) is 58.5 Å². The van der Waals surface area contributed by atoms with Crippen LogP contribution in [0.25, 0.3) is 6.08 Å². The van der Waals surface area contributed by atoms with Crippen molar-refractivity contribution in [2.75, 3.05) is 6.54 Å². The van der Waals surface area contributed by atoms with Gasteiger partial charge in [-0.1, -0.05) is 58.4 Å². The van der Waals surface area contributed by atoms with Crippen LogP contribution in [0.1, 0.15) is 38.8 Å². The molecule has 164 valence electrons. The minimum atomic E-state index is -0.734. The molecule has 0 atom stereocenters. The molecule has 0 spiro atoms. The molecule has 1 aliphatic heterocycles. The summed E-state index contributed by atoms with van der Waals surface area (Å²) < 4.78 is 32.6. The van der Waals surface area contributed by atoms with E-state index in [9.17, 15) is 9.18 Å². The largest absolute Gasteiger partial charge is 0.492 e. The molecular formula is C23H26BBrFNO4. The normalized spacial score (nSPS) is 17.5. The quantitative estimate of drug-likeness (QED) is 0.542. The van der Waals surface area contributed by atoms with Gasteiger partial charge in [-0.05, 0) is 50.9 Å². The van der Waals surface area contributed by atoms with Crippen molar-refractivity contribution in [2.24, 2.45) is 0 Å². The topological polar surface area (TPSA) is 56.8 Å². The first-order chi connectivity index (χ1) is 14.6. The summed E-state index contributed by atoms with van der Waals surface area (Å²) in [5.74, 6) is -0.393. The van der Waals surface area contributed by atoms with Crippen LogP contribution >= 0.6 is 15.9 Å². The first kappa shape index (κ1) is 23.5. The van der Waals surface area contributed by atoms with Gasteiger partial charge in [-0.25, -0.2) is 9.18 Å². The zero-order chi connectivity index (χ0) is 22.6. The van der Waals surface area contributed by atoms with E-state index in [0.29, 0.717) is 15.5 Å². The fourth-order valence-electron chi connectivity index (χ4n) is 2.96. The maximum Gasteiger partial charge on any atom is 0.492 e. The highest BCUT2D eigenvalue weighted by Crippen LogP contribution is 2.38. The van der Waals surface area contributed by atoms with Gasteiger partial charge in [0.25, 0.3) is 0 Å². The Labute approximate surface area is 191 Å². The van der Waals surface area contributed by atoms with Gasteiger partial charge in [-0.3, -0.25) is 0 Å². The third kappa shape index (κ3) is 5.96. The third-order valence-electron chi connectivity index (χ3n) is 5.51. The van der Waals surface area contributed by atoms with Crippen LogP contribution in [-0.4, -0.2) is 31.0 Å². The SMILES string of the molecule is CC1(C)OB(C(=Cc2ccc(Br)cc2F)CNC(=O)OCc2ccccc2)OC1(C)C. The van der Waals surface area contributed by atoms with Gasteiger partial charge in [0.2, 0.25) is 0 Å². The Balaban J connectivity index is 1.74. The summed E-state index contributed by atoms with van der Waals surface area (Å²) in [6.45, 7) is 7.99. The summed E-state index contributed by atoms with van der Waals surface area (Å²) in [6, 6.07) is 14.2. The molecule has 1 N–H and O–H groups in total. The number of hydrogen-bond donors (Lipinski definition) is 1. The summed E-state index contributed by atoms with van der Waals surface area (Å²) in [6.07, 6.45) is 1.06. The number of rotatable bonds is 6. The number of carbonyl (C=O) groups excluding carboxylic acids is 1. The first-order valence-electron chi connectivity index (χ1n) is 10.0. The second-order valence-corrected chi connectivity index (χ2v) is 9.30. The maximum absolute atomic E-state index is 14.4. The number of nitrogens with one attached hydrogen (secondary N) is 1. The fraction of sp³-hybridized carbons (Fsp3) is 0.348. The molecule has 0 aromatic heterocycles. The predicted molar refractivity (Wildman–Crippen MR) is 123 cm³/mol. The summed E-state index contributed by atoms with van der Waals surface area (Å²) in [7, 11) is -0.734. The molecule has 1 fully saturated rings. The monoisotopic (exact) mass is 489 g/mol. The van der Waals surface area contributed by atoms with Crippen molar-refractivity contribution in [3.63, 3.8) is 0 Å². The van der Waals surface area contributed by atoms with E-state index in [2.05, 4.69) is 21.2 Å². The molecule has 0 saturated carbocycles. The molecule has 0 aliphatic carbocycles.